The molecule has 0 aliphatic rings. The average Bonchev–Trinajstić information content (AvgIpc) is 2.82. The van der Waals surface area contributed by atoms with Crippen molar-refractivity contribution in [2.45, 2.75) is 39.3 Å². The minimum absolute atomic E-state index is 0.361. The summed E-state index contributed by atoms with van der Waals surface area (Å²) in [5.41, 5.74) is 3.24. The van der Waals surface area contributed by atoms with Gasteiger partial charge in [0, 0.05) is 24.0 Å². The molecule has 1 unspecified atom stereocenters. The summed E-state index contributed by atoms with van der Waals surface area (Å²) >= 11 is 6.24. The zero-order chi connectivity index (χ0) is 13.8. The van der Waals surface area contributed by atoms with Crippen LogP contribution in [0.3, 0.4) is 0 Å². The van der Waals surface area contributed by atoms with Gasteiger partial charge in [0.2, 0.25) is 0 Å². The molecule has 0 saturated carbocycles. The number of aliphatic hydroxyl groups is 1. The summed E-state index contributed by atoms with van der Waals surface area (Å²) in [4.78, 5) is 0. The lowest BCUT2D eigenvalue weighted by atomic mass is 10.1. The molecule has 2 rings (SSSR count). The number of rotatable bonds is 5. The van der Waals surface area contributed by atoms with E-state index in [1.54, 1.807) is 0 Å². The zero-order valence-corrected chi connectivity index (χ0v) is 12.2. The van der Waals surface area contributed by atoms with Gasteiger partial charge in [-0.05, 0) is 42.2 Å². The van der Waals surface area contributed by atoms with Gasteiger partial charge in [0.05, 0.1) is 6.10 Å². The van der Waals surface area contributed by atoms with E-state index < -0.39 is 0 Å². The Balaban J connectivity index is 2.11. The fourth-order valence-electron chi connectivity index (χ4n) is 2.17. The van der Waals surface area contributed by atoms with Crippen molar-refractivity contribution < 1.29 is 5.11 Å². The van der Waals surface area contributed by atoms with Gasteiger partial charge in [-0.1, -0.05) is 37.1 Å². The largest absolute Gasteiger partial charge is 0.388 e. The molecule has 1 heterocycles. The smallest absolute Gasteiger partial charge is 0.0804 e. The van der Waals surface area contributed by atoms with Gasteiger partial charge in [0.1, 0.15) is 0 Å². The summed E-state index contributed by atoms with van der Waals surface area (Å²) in [5.74, 6) is 0. The highest BCUT2D eigenvalue weighted by Crippen LogP contribution is 2.21. The third-order valence-corrected chi connectivity index (χ3v) is 3.63. The molecule has 1 aromatic heterocycles. The number of nitrogens with zero attached hydrogens (tertiary/aromatic N) is 1. The SMILES string of the molecule is CCCC(O)c1ccn(Cc2ccc(C)cc2Cl)c1. The number of halogens is 1. The molecule has 19 heavy (non-hydrogen) atoms. The number of aliphatic hydroxyl groups excluding tert-OH is 1. The van der Waals surface area contributed by atoms with Crippen LogP contribution in [-0.2, 0) is 6.54 Å². The van der Waals surface area contributed by atoms with Crippen LogP contribution in [0.2, 0.25) is 5.02 Å². The van der Waals surface area contributed by atoms with Crippen molar-refractivity contribution in [3.05, 3.63) is 58.4 Å². The Hall–Kier alpha value is -1.25. The second kappa shape index (κ2) is 6.27. The van der Waals surface area contributed by atoms with Crippen LogP contribution in [-0.4, -0.2) is 9.67 Å². The highest BCUT2D eigenvalue weighted by molar-refractivity contribution is 6.31. The van der Waals surface area contributed by atoms with Gasteiger partial charge in [-0.2, -0.15) is 0 Å². The lowest BCUT2D eigenvalue weighted by molar-refractivity contribution is 0.166. The predicted molar refractivity (Wildman–Crippen MR) is 79.6 cm³/mol. The van der Waals surface area contributed by atoms with Gasteiger partial charge in [0.15, 0.2) is 0 Å². The Morgan fingerprint density at radius 2 is 2.11 bits per heavy atom. The molecule has 0 radical (unpaired) electrons. The van der Waals surface area contributed by atoms with Crippen LogP contribution < -0.4 is 0 Å². The summed E-state index contributed by atoms with van der Waals surface area (Å²) in [7, 11) is 0. The van der Waals surface area contributed by atoms with E-state index in [9.17, 15) is 5.11 Å². The molecule has 1 N–H and O–H groups in total. The number of hydrogen-bond donors (Lipinski definition) is 1. The van der Waals surface area contributed by atoms with Gasteiger partial charge in [-0.3, -0.25) is 0 Å². The van der Waals surface area contributed by atoms with E-state index in [-0.39, 0.29) is 6.10 Å². The van der Waals surface area contributed by atoms with Crippen LogP contribution >= 0.6 is 11.6 Å². The molecule has 3 heteroatoms. The highest BCUT2D eigenvalue weighted by atomic mass is 35.5. The Labute approximate surface area is 119 Å². The molecule has 0 spiro atoms. The summed E-state index contributed by atoms with van der Waals surface area (Å²) in [6.45, 7) is 4.84. The minimum atomic E-state index is -0.361. The average molecular weight is 278 g/mol. The monoisotopic (exact) mass is 277 g/mol. The van der Waals surface area contributed by atoms with Gasteiger partial charge in [-0.25, -0.2) is 0 Å². The molecule has 1 atom stereocenters. The molecule has 0 saturated heterocycles. The van der Waals surface area contributed by atoms with Gasteiger partial charge in [0.25, 0.3) is 0 Å². The first-order valence-electron chi connectivity index (χ1n) is 6.69. The van der Waals surface area contributed by atoms with Crippen LogP contribution in [0.5, 0.6) is 0 Å². The quantitative estimate of drug-likeness (QED) is 0.864. The standard InChI is InChI=1S/C16H20ClNO/c1-3-4-16(19)14-7-8-18(11-14)10-13-6-5-12(2)9-15(13)17/h5-9,11,16,19H,3-4,10H2,1-2H3. The summed E-state index contributed by atoms with van der Waals surface area (Å²) in [6, 6.07) is 8.08. The number of aryl methyl sites for hydroxylation is 1. The first kappa shape index (κ1) is 14.2. The molecular formula is C16H20ClNO. The van der Waals surface area contributed by atoms with E-state index in [2.05, 4.69) is 23.6 Å². The molecule has 0 aliphatic heterocycles. The lowest BCUT2D eigenvalue weighted by Gasteiger charge is -2.08. The normalized spacial score (nSPS) is 12.6. The fourth-order valence-corrected chi connectivity index (χ4v) is 2.47. The molecule has 0 bridgehead atoms. The number of benzene rings is 1. The lowest BCUT2D eigenvalue weighted by Crippen LogP contribution is -1.99. The van der Waals surface area contributed by atoms with Gasteiger partial charge < -0.3 is 9.67 Å². The van der Waals surface area contributed by atoms with Crippen LogP contribution in [0.25, 0.3) is 0 Å². The summed E-state index contributed by atoms with van der Waals surface area (Å²) < 4.78 is 2.06. The summed E-state index contributed by atoms with van der Waals surface area (Å²) in [6.07, 6.45) is 5.41. The third-order valence-electron chi connectivity index (χ3n) is 3.28. The topological polar surface area (TPSA) is 25.2 Å². The highest BCUT2D eigenvalue weighted by Gasteiger charge is 2.08. The van der Waals surface area contributed by atoms with Crippen LogP contribution in [0.1, 0.15) is 42.6 Å². The second-order valence-corrected chi connectivity index (χ2v) is 5.42. The van der Waals surface area contributed by atoms with E-state index >= 15 is 0 Å². The molecule has 2 nitrogen and oxygen atoms in total. The molecule has 2 aromatic rings. The fraction of sp³-hybridized carbons (Fsp3) is 0.375. The first-order valence-corrected chi connectivity index (χ1v) is 7.06. The molecule has 0 fully saturated rings. The maximum absolute atomic E-state index is 9.95. The molecule has 102 valence electrons. The zero-order valence-electron chi connectivity index (χ0n) is 11.4. The van der Waals surface area contributed by atoms with Crippen LogP contribution in [0, 0.1) is 6.92 Å². The van der Waals surface area contributed by atoms with Crippen LogP contribution in [0.15, 0.2) is 36.7 Å². The van der Waals surface area contributed by atoms with Gasteiger partial charge >= 0.3 is 0 Å². The molecule has 0 amide bonds. The Bertz CT molecular complexity index is 547. The first-order chi connectivity index (χ1) is 9.10. The van der Waals surface area contributed by atoms with E-state index in [1.165, 1.54) is 5.56 Å². The van der Waals surface area contributed by atoms with Crippen LogP contribution in [0.4, 0.5) is 0 Å². The van der Waals surface area contributed by atoms with Crippen molar-refractivity contribution in [3.8, 4) is 0 Å². The van der Waals surface area contributed by atoms with Crippen molar-refractivity contribution in [2.24, 2.45) is 0 Å². The van der Waals surface area contributed by atoms with E-state index in [1.807, 2.05) is 31.5 Å². The number of aromatic nitrogens is 1. The van der Waals surface area contributed by atoms with Gasteiger partial charge in [-0.15, -0.1) is 0 Å². The van der Waals surface area contributed by atoms with E-state index in [4.69, 9.17) is 11.6 Å². The molecule has 1 aromatic carbocycles. The molecular weight excluding hydrogens is 258 g/mol. The Morgan fingerprint density at radius 1 is 1.32 bits per heavy atom. The Morgan fingerprint density at radius 3 is 2.79 bits per heavy atom. The summed E-state index contributed by atoms with van der Waals surface area (Å²) in [5, 5.41) is 10.7. The Kier molecular flexibility index (Phi) is 4.67. The maximum Gasteiger partial charge on any atom is 0.0804 e. The van der Waals surface area contributed by atoms with Crippen molar-refractivity contribution >= 4 is 11.6 Å². The second-order valence-electron chi connectivity index (χ2n) is 5.02. The maximum atomic E-state index is 9.95. The van der Waals surface area contributed by atoms with E-state index in [0.717, 1.165) is 35.5 Å². The molecule has 0 aliphatic carbocycles. The van der Waals surface area contributed by atoms with E-state index in [0.29, 0.717) is 0 Å². The third kappa shape index (κ3) is 3.62. The predicted octanol–water partition coefficient (Wildman–Crippen LogP) is 4.33. The minimum Gasteiger partial charge on any atom is -0.388 e. The van der Waals surface area contributed by atoms with Crippen molar-refractivity contribution in [1.29, 1.82) is 0 Å². The number of hydrogen-bond acceptors (Lipinski definition) is 1. The van der Waals surface area contributed by atoms with Crippen molar-refractivity contribution in [1.82, 2.24) is 4.57 Å². The van der Waals surface area contributed by atoms with Crippen molar-refractivity contribution in [2.75, 3.05) is 0 Å². The van der Waals surface area contributed by atoms with Crippen molar-refractivity contribution in [3.63, 3.8) is 0 Å².